The highest BCUT2D eigenvalue weighted by atomic mass is 16.4. The second-order valence-corrected chi connectivity index (χ2v) is 4.96. The standard InChI is InChI=1S/C14H19NO2/c1-10-5-2-3-6-11(10)12(9-15)14(13(16)17)7-4-8-14/h2-3,5-6,12H,4,7-9,15H2,1H3,(H,16,17)/t12-/m1/s1. The van der Waals surface area contributed by atoms with E-state index in [-0.39, 0.29) is 5.92 Å². The minimum Gasteiger partial charge on any atom is -0.481 e. The summed E-state index contributed by atoms with van der Waals surface area (Å²) in [5, 5.41) is 9.48. The van der Waals surface area contributed by atoms with Crippen LogP contribution in [0, 0.1) is 12.3 Å². The molecule has 92 valence electrons. The molecule has 1 saturated carbocycles. The van der Waals surface area contributed by atoms with Crippen LogP contribution in [0.15, 0.2) is 24.3 Å². The molecule has 0 saturated heterocycles. The SMILES string of the molecule is Cc1ccccc1[C@@H](CN)C1(C(=O)O)CCC1. The van der Waals surface area contributed by atoms with Crippen molar-refractivity contribution in [2.45, 2.75) is 32.1 Å². The average molecular weight is 233 g/mol. The Morgan fingerprint density at radius 3 is 2.53 bits per heavy atom. The summed E-state index contributed by atoms with van der Waals surface area (Å²) in [5.41, 5.74) is 7.45. The van der Waals surface area contributed by atoms with Crippen LogP contribution in [0.4, 0.5) is 0 Å². The first-order valence-electron chi connectivity index (χ1n) is 6.11. The van der Waals surface area contributed by atoms with Gasteiger partial charge in [0.05, 0.1) is 5.41 Å². The predicted octanol–water partition coefficient (Wildman–Crippen LogP) is 2.29. The van der Waals surface area contributed by atoms with Crippen molar-refractivity contribution < 1.29 is 9.90 Å². The van der Waals surface area contributed by atoms with Gasteiger partial charge in [-0.05, 0) is 30.9 Å². The van der Waals surface area contributed by atoms with E-state index in [1.807, 2.05) is 31.2 Å². The van der Waals surface area contributed by atoms with Gasteiger partial charge in [-0.15, -0.1) is 0 Å². The molecule has 0 heterocycles. The summed E-state index contributed by atoms with van der Waals surface area (Å²) in [5.74, 6) is -0.752. The molecule has 0 unspecified atom stereocenters. The highest BCUT2D eigenvalue weighted by molar-refractivity contribution is 5.77. The number of carbonyl (C=O) groups is 1. The van der Waals surface area contributed by atoms with Gasteiger partial charge in [-0.1, -0.05) is 30.7 Å². The second kappa shape index (κ2) is 4.49. The number of benzene rings is 1. The van der Waals surface area contributed by atoms with Crippen molar-refractivity contribution in [2.24, 2.45) is 11.1 Å². The van der Waals surface area contributed by atoms with Gasteiger partial charge in [-0.2, -0.15) is 0 Å². The molecule has 1 fully saturated rings. The van der Waals surface area contributed by atoms with Gasteiger partial charge >= 0.3 is 5.97 Å². The third kappa shape index (κ3) is 1.84. The molecule has 0 radical (unpaired) electrons. The van der Waals surface area contributed by atoms with Crippen molar-refractivity contribution in [1.29, 1.82) is 0 Å². The zero-order valence-corrected chi connectivity index (χ0v) is 10.1. The summed E-state index contributed by atoms with van der Waals surface area (Å²) in [4.78, 5) is 11.5. The number of rotatable bonds is 4. The molecule has 0 spiro atoms. The molecule has 0 amide bonds. The first-order chi connectivity index (χ1) is 8.12. The molecule has 1 aromatic rings. The highest BCUT2D eigenvalue weighted by Gasteiger charge is 2.50. The Labute approximate surface area is 102 Å². The molecule has 1 aromatic carbocycles. The summed E-state index contributed by atoms with van der Waals surface area (Å²) in [6.45, 7) is 2.42. The molecular weight excluding hydrogens is 214 g/mol. The van der Waals surface area contributed by atoms with Crippen LogP contribution in [0.3, 0.4) is 0 Å². The summed E-state index contributed by atoms with van der Waals surface area (Å²) in [7, 11) is 0. The lowest BCUT2D eigenvalue weighted by molar-refractivity contribution is -0.156. The van der Waals surface area contributed by atoms with Crippen molar-refractivity contribution in [2.75, 3.05) is 6.54 Å². The van der Waals surface area contributed by atoms with Gasteiger partial charge in [0.1, 0.15) is 0 Å². The van der Waals surface area contributed by atoms with Crippen molar-refractivity contribution >= 4 is 5.97 Å². The lowest BCUT2D eigenvalue weighted by Gasteiger charge is -2.44. The Bertz CT molecular complexity index is 424. The number of hydrogen-bond donors (Lipinski definition) is 2. The fraction of sp³-hybridized carbons (Fsp3) is 0.500. The predicted molar refractivity (Wildman–Crippen MR) is 66.9 cm³/mol. The Balaban J connectivity index is 2.40. The van der Waals surface area contributed by atoms with Gasteiger partial charge in [-0.3, -0.25) is 4.79 Å². The van der Waals surface area contributed by atoms with Crippen molar-refractivity contribution in [3.63, 3.8) is 0 Å². The number of aryl methyl sites for hydroxylation is 1. The van der Waals surface area contributed by atoms with E-state index in [0.717, 1.165) is 30.4 Å². The van der Waals surface area contributed by atoms with E-state index in [1.165, 1.54) is 0 Å². The molecule has 0 bridgehead atoms. The number of hydrogen-bond acceptors (Lipinski definition) is 2. The number of nitrogens with two attached hydrogens (primary N) is 1. The summed E-state index contributed by atoms with van der Waals surface area (Å²) >= 11 is 0. The Hall–Kier alpha value is -1.35. The van der Waals surface area contributed by atoms with E-state index >= 15 is 0 Å². The van der Waals surface area contributed by atoms with E-state index in [2.05, 4.69) is 0 Å². The monoisotopic (exact) mass is 233 g/mol. The number of carboxylic acids is 1. The minimum absolute atomic E-state index is 0.0602. The second-order valence-electron chi connectivity index (χ2n) is 4.96. The van der Waals surface area contributed by atoms with Crippen molar-refractivity contribution in [3.05, 3.63) is 35.4 Å². The van der Waals surface area contributed by atoms with Crippen LogP contribution in [0.1, 0.15) is 36.3 Å². The molecule has 17 heavy (non-hydrogen) atoms. The molecule has 3 nitrogen and oxygen atoms in total. The van der Waals surface area contributed by atoms with Gasteiger partial charge in [0, 0.05) is 12.5 Å². The van der Waals surface area contributed by atoms with Gasteiger partial charge < -0.3 is 10.8 Å². The number of aliphatic carboxylic acids is 1. The molecule has 0 aliphatic heterocycles. The first kappa shape index (κ1) is 12.1. The normalized spacial score (nSPS) is 19.4. The third-order valence-electron chi connectivity index (χ3n) is 4.14. The molecule has 3 heteroatoms. The Morgan fingerprint density at radius 2 is 2.12 bits per heavy atom. The van der Waals surface area contributed by atoms with Crippen molar-refractivity contribution in [3.8, 4) is 0 Å². The lowest BCUT2D eigenvalue weighted by atomic mass is 9.59. The fourth-order valence-electron chi connectivity index (χ4n) is 2.90. The van der Waals surface area contributed by atoms with Crippen LogP contribution in [0.25, 0.3) is 0 Å². The van der Waals surface area contributed by atoms with E-state index in [0.29, 0.717) is 6.54 Å². The molecular formula is C14H19NO2. The van der Waals surface area contributed by atoms with Crippen LogP contribution in [-0.4, -0.2) is 17.6 Å². The largest absolute Gasteiger partial charge is 0.481 e. The van der Waals surface area contributed by atoms with Crippen molar-refractivity contribution in [1.82, 2.24) is 0 Å². The Kier molecular flexibility index (Phi) is 3.20. The van der Waals surface area contributed by atoms with E-state index in [9.17, 15) is 9.90 Å². The van der Waals surface area contributed by atoms with Gasteiger partial charge in [0.15, 0.2) is 0 Å². The molecule has 0 aromatic heterocycles. The Morgan fingerprint density at radius 1 is 1.47 bits per heavy atom. The first-order valence-corrected chi connectivity index (χ1v) is 6.11. The summed E-state index contributed by atoms with van der Waals surface area (Å²) < 4.78 is 0. The van der Waals surface area contributed by atoms with Crippen LogP contribution in [0.2, 0.25) is 0 Å². The zero-order chi connectivity index (χ0) is 12.5. The maximum Gasteiger partial charge on any atom is 0.310 e. The zero-order valence-electron chi connectivity index (χ0n) is 10.1. The minimum atomic E-state index is -0.692. The van der Waals surface area contributed by atoms with Gasteiger partial charge in [0.2, 0.25) is 0 Å². The fourth-order valence-corrected chi connectivity index (χ4v) is 2.90. The summed E-state index contributed by atoms with van der Waals surface area (Å²) in [6, 6.07) is 7.96. The van der Waals surface area contributed by atoms with Gasteiger partial charge in [0.25, 0.3) is 0 Å². The van der Waals surface area contributed by atoms with Crippen LogP contribution >= 0.6 is 0 Å². The molecule has 1 aliphatic rings. The quantitative estimate of drug-likeness (QED) is 0.838. The van der Waals surface area contributed by atoms with E-state index in [1.54, 1.807) is 0 Å². The lowest BCUT2D eigenvalue weighted by Crippen LogP contribution is -2.46. The van der Waals surface area contributed by atoms with Crippen LogP contribution in [-0.2, 0) is 4.79 Å². The molecule has 3 N–H and O–H groups in total. The maximum absolute atomic E-state index is 11.5. The summed E-state index contributed by atoms with van der Waals surface area (Å²) in [6.07, 6.45) is 2.49. The average Bonchev–Trinajstić information content (AvgIpc) is 2.24. The van der Waals surface area contributed by atoms with Crippen LogP contribution in [0.5, 0.6) is 0 Å². The smallest absolute Gasteiger partial charge is 0.310 e. The van der Waals surface area contributed by atoms with E-state index in [4.69, 9.17) is 5.73 Å². The number of carboxylic acid groups (broad SMARTS) is 1. The molecule has 2 rings (SSSR count). The molecule has 1 aliphatic carbocycles. The third-order valence-corrected chi connectivity index (χ3v) is 4.14. The highest BCUT2D eigenvalue weighted by Crippen LogP contribution is 2.51. The van der Waals surface area contributed by atoms with Gasteiger partial charge in [-0.25, -0.2) is 0 Å². The van der Waals surface area contributed by atoms with Crippen LogP contribution < -0.4 is 5.73 Å². The van der Waals surface area contributed by atoms with E-state index < -0.39 is 11.4 Å². The topological polar surface area (TPSA) is 63.3 Å². The maximum atomic E-state index is 11.5. The molecule has 1 atom stereocenters.